The highest BCUT2D eigenvalue weighted by Gasteiger charge is 2.42. The van der Waals surface area contributed by atoms with Gasteiger partial charge in [-0.1, -0.05) is 0 Å². The Hall–Kier alpha value is -0.280. The molecule has 0 aliphatic carbocycles. The second-order valence-electron chi connectivity index (χ2n) is 3.19. The van der Waals surface area contributed by atoms with Gasteiger partial charge in [0.15, 0.2) is 6.29 Å². The van der Waals surface area contributed by atoms with Gasteiger partial charge in [-0.2, -0.15) is 0 Å². The molecule has 1 heterocycles. The first-order valence-electron chi connectivity index (χ1n) is 4.46. The summed E-state index contributed by atoms with van der Waals surface area (Å²) in [6.45, 7) is 0.767. The number of carbonyl (C=O) groups is 1. The van der Waals surface area contributed by atoms with E-state index in [1.807, 2.05) is 0 Å². The maximum absolute atomic E-state index is 9.21. The van der Waals surface area contributed by atoms with E-state index in [2.05, 4.69) is 16.3 Å². The first-order chi connectivity index (χ1) is 7.31. The summed E-state index contributed by atoms with van der Waals surface area (Å²) in [6.07, 6.45) is -7.04. The molecule has 5 atom stereocenters. The normalized spacial score (nSPS) is 38.6. The highest BCUT2D eigenvalue weighted by atomic mass is 35.5. The summed E-state index contributed by atoms with van der Waals surface area (Å²) in [5, 5.41) is 44.3. The maximum Gasteiger partial charge on any atom is 0.218 e. The first kappa shape index (κ1) is 15.7. The molecule has 0 aromatic rings. The molecule has 7 nitrogen and oxygen atoms in total. The molecule has 1 aliphatic heterocycles. The predicted octanol–water partition coefficient (Wildman–Crippen LogP) is -2.45. The van der Waals surface area contributed by atoms with E-state index in [-0.39, 0.29) is 5.24 Å². The Bertz CT molecular complexity index is 216. The standard InChI is InChI=1S/C6H12O6.C2H3ClO/c7-1-2-3(8)4(9)5(10)6(11)12-2;1-2(3)4/h2-11H,1H2;1H3/t2-,3-,4+,5-,6+;/m1./s1. The molecule has 0 aromatic carbocycles. The molecule has 1 rings (SSSR count). The molecule has 0 amide bonds. The molecule has 0 bridgehead atoms. The lowest BCUT2D eigenvalue weighted by molar-refractivity contribution is -0.286. The van der Waals surface area contributed by atoms with Crippen LogP contribution in [0.2, 0.25) is 0 Å². The zero-order valence-corrected chi connectivity index (χ0v) is 9.28. The van der Waals surface area contributed by atoms with Crippen molar-refractivity contribution < 1.29 is 35.1 Å². The highest BCUT2D eigenvalue weighted by molar-refractivity contribution is 6.62. The summed E-state index contributed by atoms with van der Waals surface area (Å²) in [4.78, 5) is 9.21. The highest BCUT2D eigenvalue weighted by Crippen LogP contribution is 2.18. The van der Waals surface area contributed by atoms with Gasteiger partial charge < -0.3 is 30.3 Å². The van der Waals surface area contributed by atoms with Gasteiger partial charge in [-0.3, -0.25) is 4.79 Å². The number of rotatable bonds is 1. The molecule has 1 aliphatic rings. The summed E-state index contributed by atoms with van der Waals surface area (Å²) in [5.74, 6) is 0. The number of carbonyl (C=O) groups excluding carboxylic acids is 1. The zero-order valence-electron chi connectivity index (χ0n) is 8.52. The van der Waals surface area contributed by atoms with Crippen LogP contribution in [0, 0.1) is 0 Å². The topological polar surface area (TPSA) is 127 Å². The minimum absolute atomic E-state index is 0.361. The van der Waals surface area contributed by atoms with Crippen LogP contribution in [-0.4, -0.2) is 68.1 Å². The molecule has 96 valence electrons. The summed E-state index contributed by atoms with van der Waals surface area (Å²) in [7, 11) is 0. The van der Waals surface area contributed by atoms with Gasteiger partial charge in [0.25, 0.3) is 0 Å². The Morgan fingerprint density at radius 2 is 1.62 bits per heavy atom. The molecule has 16 heavy (non-hydrogen) atoms. The minimum atomic E-state index is -1.57. The van der Waals surface area contributed by atoms with Crippen molar-refractivity contribution in [3.63, 3.8) is 0 Å². The lowest BCUT2D eigenvalue weighted by Gasteiger charge is -2.37. The first-order valence-corrected chi connectivity index (χ1v) is 4.83. The Labute approximate surface area is 96.8 Å². The number of aliphatic hydroxyl groups is 5. The van der Waals surface area contributed by atoms with E-state index in [0.29, 0.717) is 0 Å². The monoisotopic (exact) mass is 258 g/mol. The van der Waals surface area contributed by atoms with E-state index in [9.17, 15) is 4.79 Å². The summed E-state index contributed by atoms with van der Waals surface area (Å²) in [6, 6.07) is 0. The fourth-order valence-electron chi connectivity index (χ4n) is 1.08. The summed E-state index contributed by atoms with van der Waals surface area (Å²) < 4.78 is 4.58. The fraction of sp³-hybridized carbons (Fsp3) is 0.875. The van der Waals surface area contributed by atoms with E-state index < -0.39 is 37.3 Å². The van der Waals surface area contributed by atoms with Crippen molar-refractivity contribution in [2.45, 2.75) is 37.6 Å². The van der Waals surface area contributed by atoms with E-state index in [0.717, 1.165) is 0 Å². The van der Waals surface area contributed by atoms with Crippen LogP contribution in [-0.2, 0) is 9.53 Å². The van der Waals surface area contributed by atoms with Crippen LogP contribution in [0.5, 0.6) is 0 Å². The molecule has 0 aromatic heterocycles. The van der Waals surface area contributed by atoms with Gasteiger partial charge in [-0.05, 0) is 11.6 Å². The van der Waals surface area contributed by atoms with Crippen LogP contribution in [0.3, 0.4) is 0 Å². The predicted molar refractivity (Wildman–Crippen MR) is 52.5 cm³/mol. The molecule has 0 radical (unpaired) electrons. The number of hydrogen-bond acceptors (Lipinski definition) is 7. The third kappa shape index (κ3) is 4.71. The summed E-state index contributed by atoms with van der Waals surface area (Å²) >= 11 is 4.64. The quantitative estimate of drug-likeness (QED) is 0.330. The number of halogens is 1. The van der Waals surface area contributed by atoms with Gasteiger partial charge in [-0.15, -0.1) is 0 Å². The van der Waals surface area contributed by atoms with Gasteiger partial charge in [0.1, 0.15) is 24.4 Å². The SMILES string of the molecule is CC(=O)Cl.OC[C@H]1O[C@H](O)[C@H](O)[C@@H](O)[C@@H]1O. The second kappa shape index (κ2) is 7.13. The van der Waals surface area contributed by atoms with Gasteiger partial charge in [-0.25, -0.2) is 0 Å². The molecular formula is C8H15ClO7. The van der Waals surface area contributed by atoms with Crippen molar-refractivity contribution in [3.05, 3.63) is 0 Å². The van der Waals surface area contributed by atoms with Gasteiger partial charge >= 0.3 is 0 Å². The van der Waals surface area contributed by atoms with Crippen LogP contribution in [0.25, 0.3) is 0 Å². The van der Waals surface area contributed by atoms with Crippen molar-refractivity contribution in [2.24, 2.45) is 0 Å². The van der Waals surface area contributed by atoms with Crippen LogP contribution in [0.15, 0.2) is 0 Å². The smallest absolute Gasteiger partial charge is 0.218 e. The average Bonchev–Trinajstić information content (AvgIpc) is 2.19. The van der Waals surface area contributed by atoms with E-state index >= 15 is 0 Å². The molecule has 8 heteroatoms. The molecule has 1 saturated heterocycles. The third-order valence-corrected chi connectivity index (χ3v) is 1.87. The lowest BCUT2D eigenvalue weighted by Crippen LogP contribution is -2.58. The van der Waals surface area contributed by atoms with E-state index in [1.54, 1.807) is 0 Å². The maximum atomic E-state index is 9.21. The van der Waals surface area contributed by atoms with Crippen molar-refractivity contribution in [2.75, 3.05) is 6.61 Å². The number of ether oxygens (including phenoxy) is 1. The van der Waals surface area contributed by atoms with Gasteiger partial charge in [0.2, 0.25) is 5.24 Å². The third-order valence-electron chi connectivity index (χ3n) is 1.87. The molecular weight excluding hydrogens is 244 g/mol. The van der Waals surface area contributed by atoms with Crippen LogP contribution < -0.4 is 0 Å². The van der Waals surface area contributed by atoms with Crippen molar-refractivity contribution in [1.29, 1.82) is 0 Å². The molecule has 1 fully saturated rings. The lowest BCUT2D eigenvalue weighted by atomic mass is 10.00. The Morgan fingerprint density at radius 1 is 1.19 bits per heavy atom. The van der Waals surface area contributed by atoms with E-state index in [1.165, 1.54) is 6.92 Å². The molecule has 0 spiro atoms. The largest absolute Gasteiger partial charge is 0.394 e. The minimum Gasteiger partial charge on any atom is -0.394 e. The fourth-order valence-corrected chi connectivity index (χ4v) is 1.08. The summed E-state index contributed by atoms with van der Waals surface area (Å²) in [5.41, 5.74) is 0. The Kier molecular flexibility index (Phi) is 7.00. The second-order valence-corrected chi connectivity index (χ2v) is 3.72. The average molecular weight is 259 g/mol. The van der Waals surface area contributed by atoms with Crippen molar-refractivity contribution >= 4 is 16.8 Å². The van der Waals surface area contributed by atoms with Crippen LogP contribution >= 0.6 is 11.6 Å². The Morgan fingerprint density at radius 3 is 2.00 bits per heavy atom. The Balaban J connectivity index is 0.000000487. The zero-order chi connectivity index (χ0) is 12.9. The van der Waals surface area contributed by atoms with Gasteiger partial charge in [0, 0.05) is 6.92 Å². The number of aliphatic hydroxyl groups excluding tert-OH is 5. The van der Waals surface area contributed by atoms with Crippen molar-refractivity contribution in [3.8, 4) is 0 Å². The molecule has 0 saturated carbocycles. The van der Waals surface area contributed by atoms with E-state index in [4.69, 9.17) is 25.5 Å². The van der Waals surface area contributed by atoms with Crippen LogP contribution in [0.4, 0.5) is 0 Å². The number of hydrogen-bond donors (Lipinski definition) is 5. The van der Waals surface area contributed by atoms with Crippen LogP contribution in [0.1, 0.15) is 6.92 Å². The molecule has 0 unspecified atom stereocenters. The van der Waals surface area contributed by atoms with Crippen molar-refractivity contribution in [1.82, 2.24) is 0 Å². The van der Waals surface area contributed by atoms with Gasteiger partial charge in [0.05, 0.1) is 6.61 Å². The molecule has 5 N–H and O–H groups in total.